The van der Waals surface area contributed by atoms with Gasteiger partial charge in [0, 0.05) is 24.9 Å². The maximum atomic E-state index is 11.1. The van der Waals surface area contributed by atoms with Gasteiger partial charge in [0.2, 0.25) is 0 Å². The Morgan fingerprint density at radius 1 is 1.38 bits per heavy atom. The van der Waals surface area contributed by atoms with Gasteiger partial charge in [-0.15, -0.1) is 0 Å². The molecule has 0 aliphatic carbocycles. The fourth-order valence-corrected chi connectivity index (χ4v) is 2.48. The van der Waals surface area contributed by atoms with Crippen molar-refractivity contribution >= 4 is 16.9 Å². The molecule has 21 heavy (non-hydrogen) atoms. The largest absolute Gasteiger partial charge is 0.469 e. The molecule has 2 rings (SSSR count). The highest BCUT2D eigenvalue weighted by Crippen LogP contribution is 2.19. The van der Waals surface area contributed by atoms with E-state index < -0.39 is 0 Å². The van der Waals surface area contributed by atoms with Gasteiger partial charge in [-0.25, -0.2) is 0 Å². The van der Waals surface area contributed by atoms with Crippen LogP contribution < -0.4 is 0 Å². The summed E-state index contributed by atoms with van der Waals surface area (Å²) in [7, 11) is 3.48. The molecule has 0 fully saturated rings. The molecular weight excluding hydrogens is 266 g/mol. The van der Waals surface area contributed by atoms with Crippen molar-refractivity contribution in [2.75, 3.05) is 20.7 Å². The minimum Gasteiger partial charge on any atom is -0.469 e. The average molecular weight is 289 g/mol. The highest BCUT2D eigenvalue weighted by Gasteiger charge is 2.11. The van der Waals surface area contributed by atoms with Crippen molar-refractivity contribution < 1.29 is 9.53 Å². The standard InChI is InChI=1S/C16H23N3O2/c1-4-19-15-9-6-5-8-13(15)14(17-19)12-18(2)11-7-10-16(20)21-3/h5-6,8-9H,4,7,10-12H2,1-3H3. The van der Waals surface area contributed by atoms with E-state index in [0.29, 0.717) is 6.42 Å². The Labute approximate surface area is 125 Å². The third-order valence-electron chi connectivity index (χ3n) is 3.60. The van der Waals surface area contributed by atoms with Crippen molar-refractivity contribution in [2.24, 2.45) is 0 Å². The van der Waals surface area contributed by atoms with Gasteiger partial charge in [-0.3, -0.25) is 9.48 Å². The molecule has 0 amide bonds. The first-order valence-corrected chi connectivity index (χ1v) is 7.35. The average Bonchev–Trinajstić information content (AvgIpc) is 2.85. The number of aryl methyl sites for hydroxylation is 1. The molecule has 0 unspecified atom stereocenters. The maximum absolute atomic E-state index is 11.1. The number of benzene rings is 1. The van der Waals surface area contributed by atoms with E-state index in [4.69, 9.17) is 5.10 Å². The van der Waals surface area contributed by atoms with Gasteiger partial charge in [0.15, 0.2) is 0 Å². The monoisotopic (exact) mass is 289 g/mol. The van der Waals surface area contributed by atoms with Crippen LogP contribution in [0.15, 0.2) is 24.3 Å². The second-order valence-corrected chi connectivity index (χ2v) is 5.20. The molecule has 0 aliphatic heterocycles. The zero-order valence-electron chi connectivity index (χ0n) is 13.0. The van der Waals surface area contributed by atoms with E-state index in [1.165, 1.54) is 18.0 Å². The Hall–Kier alpha value is -1.88. The zero-order chi connectivity index (χ0) is 15.2. The van der Waals surface area contributed by atoms with Gasteiger partial charge in [-0.2, -0.15) is 5.10 Å². The Bertz CT molecular complexity index is 607. The highest BCUT2D eigenvalue weighted by atomic mass is 16.5. The summed E-state index contributed by atoms with van der Waals surface area (Å²) in [6.45, 7) is 4.60. The number of methoxy groups -OCH3 is 1. The van der Waals surface area contributed by atoms with Crippen LogP contribution >= 0.6 is 0 Å². The molecule has 1 aromatic carbocycles. The zero-order valence-corrected chi connectivity index (χ0v) is 13.0. The van der Waals surface area contributed by atoms with Crippen molar-refractivity contribution in [1.82, 2.24) is 14.7 Å². The Morgan fingerprint density at radius 3 is 2.86 bits per heavy atom. The Balaban J connectivity index is 2.01. The number of fused-ring (bicyclic) bond motifs is 1. The predicted molar refractivity (Wildman–Crippen MR) is 83.0 cm³/mol. The molecule has 0 atom stereocenters. The van der Waals surface area contributed by atoms with Crippen LogP contribution in [0.3, 0.4) is 0 Å². The molecule has 1 aromatic heterocycles. The van der Waals surface area contributed by atoms with Crippen LogP contribution in [0.1, 0.15) is 25.5 Å². The topological polar surface area (TPSA) is 47.4 Å². The first kappa shape index (κ1) is 15.5. The number of rotatable bonds is 7. The lowest BCUT2D eigenvalue weighted by Gasteiger charge is -2.14. The number of aromatic nitrogens is 2. The fourth-order valence-electron chi connectivity index (χ4n) is 2.48. The van der Waals surface area contributed by atoms with Crippen molar-refractivity contribution in [3.63, 3.8) is 0 Å². The van der Waals surface area contributed by atoms with E-state index in [2.05, 4.69) is 35.7 Å². The van der Waals surface area contributed by atoms with E-state index in [0.717, 1.165) is 31.7 Å². The number of para-hydroxylation sites is 1. The van der Waals surface area contributed by atoms with Gasteiger partial charge in [0.25, 0.3) is 0 Å². The smallest absolute Gasteiger partial charge is 0.305 e. The molecule has 0 bridgehead atoms. The summed E-state index contributed by atoms with van der Waals surface area (Å²) >= 11 is 0. The highest BCUT2D eigenvalue weighted by molar-refractivity contribution is 5.81. The second kappa shape index (κ2) is 7.22. The van der Waals surface area contributed by atoms with E-state index >= 15 is 0 Å². The van der Waals surface area contributed by atoms with Crippen molar-refractivity contribution in [2.45, 2.75) is 32.9 Å². The van der Waals surface area contributed by atoms with E-state index in [1.54, 1.807) is 0 Å². The lowest BCUT2D eigenvalue weighted by atomic mass is 10.2. The summed E-state index contributed by atoms with van der Waals surface area (Å²) in [4.78, 5) is 13.3. The lowest BCUT2D eigenvalue weighted by Crippen LogP contribution is -2.20. The first-order chi connectivity index (χ1) is 10.2. The maximum Gasteiger partial charge on any atom is 0.305 e. The number of carbonyl (C=O) groups excluding carboxylic acids is 1. The minimum absolute atomic E-state index is 0.149. The van der Waals surface area contributed by atoms with Gasteiger partial charge in [0.05, 0.1) is 18.3 Å². The van der Waals surface area contributed by atoms with Crippen LogP contribution in [0.4, 0.5) is 0 Å². The molecule has 2 aromatic rings. The molecule has 114 valence electrons. The van der Waals surface area contributed by atoms with Crippen molar-refractivity contribution in [3.05, 3.63) is 30.0 Å². The molecule has 5 heteroatoms. The SMILES string of the molecule is CCn1nc(CN(C)CCCC(=O)OC)c2ccccc21. The lowest BCUT2D eigenvalue weighted by molar-refractivity contribution is -0.140. The number of carbonyl (C=O) groups is 1. The van der Waals surface area contributed by atoms with Crippen molar-refractivity contribution in [3.8, 4) is 0 Å². The van der Waals surface area contributed by atoms with Crippen molar-refractivity contribution in [1.29, 1.82) is 0 Å². The first-order valence-electron chi connectivity index (χ1n) is 7.35. The third kappa shape index (κ3) is 3.82. The molecule has 0 N–H and O–H groups in total. The molecule has 0 aliphatic rings. The molecule has 0 spiro atoms. The summed E-state index contributed by atoms with van der Waals surface area (Å²) in [6.07, 6.45) is 1.26. The number of hydrogen-bond acceptors (Lipinski definition) is 4. The molecular formula is C16H23N3O2. The molecule has 0 saturated heterocycles. The van der Waals surface area contributed by atoms with Crippen LogP contribution in [-0.2, 0) is 22.6 Å². The van der Waals surface area contributed by atoms with Gasteiger partial charge in [-0.05, 0) is 33.0 Å². The fraction of sp³-hybridized carbons (Fsp3) is 0.500. The summed E-state index contributed by atoms with van der Waals surface area (Å²) in [5, 5.41) is 5.90. The third-order valence-corrected chi connectivity index (χ3v) is 3.60. The number of hydrogen-bond donors (Lipinski definition) is 0. The van der Waals surface area contributed by atoms with Gasteiger partial charge in [-0.1, -0.05) is 18.2 Å². The van der Waals surface area contributed by atoms with E-state index in [1.807, 2.05) is 16.8 Å². The van der Waals surface area contributed by atoms with Crippen LogP contribution in [0.25, 0.3) is 10.9 Å². The Morgan fingerprint density at radius 2 is 2.14 bits per heavy atom. The number of ether oxygens (including phenoxy) is 1. The quantitative estimate of drug-likeness (QED) is 0.735. The van der Waals surface area contributed by atoms with Crippen LogP contribution in [-0.4, -0.2) is 41.4 Å². The van der Waals surface area contributed by atoms with E-state index in [-0.39, 0.29) is 5.97 Å². The van der Waals surface area contributed by atoms with Crippen LogP contribution in [0.2, 0.25) is 0 Å². The van der Waals surface area contributed by atoms with Gasteiger partial charge < -0.3 is 9.64 Å². The normalized spacial score (nSPS) is 11.2. The van der Waals surface area contributed by atoms with Crippen LogP contribution in [0, 0.1) is 0 Å². The summed E-state index contributed by atoms with van der Waals surface area (Å²) in [6, 6.07) is 8.31. The second-order valence-electron chi connectivity index (χ2n) is 5.20. The summed E-state index contributed by atoms with van der Waals surface area (Å²) < 4.78 is 6.69. The molecule has 5 nitrogen and oxygen atoms in total. The summed E-state index contributed by atoms with van der Waals surface area (Å²) in [5.41, 5.74) is 2.27. The predicted octanol–water partition coefficient (Wildman–Crippen LogP) is 2.44. The number of esters is 1. The molecule has 0 saturated carbocycles. The molecule has 1 heterocycles. The van der Waals surface area contributed by atoms with E-state index in [9.17, 15) is 4.79 Å². The summed E-state index contributed by atoms with van der Waals surface area (Å²) in [5.74, 6) is -0.149. The van der Waals surface area contributed by atoms with Gasteiger partial charge >= 0.3 is 5.97 Å². The van der Waals surface area contributed by atoms with Crippen LogP contribution in [0.5, 0.6) is 0 Å². The Kier molecular flexibility index (Phi) is 5.33. The molecule has 0 radical (unpaired) electrons. The van der Waals surface area contributed by atoms with Gasteiger partial charge in [0.1, 0.15) is 0 Å². The minimum atomic E-state index is -0.149. The number of nitrogens with zero attached hydrogens (tertiary/aromatic N) is 3.